The number of carbonyl (C=O) groups excluding carboxylic acids is 14. The summed E-state index contributed by atoms with van der Waals surface area (Å²) in [4.78, 5) is 204. The summed E-state index contributed by atoms with van der Waals surface area (Å²) in [6, 6.07) is 0.341. The van der Waals surface area contributed by atoms with E-state index in [1.807, 2.05) is 0 Å². The van der Waals surface area contributed by atoms with Crippen LogP contribution in [0.1, 0.15) is 143 Å². The van der Waals surface area contributed by atoms with Crippen molar-refractivity contribution in [3.05, 3.63) is 77.5 Å². The third kappa shape index (κ3) is 24.0. The molecule has 4 heterocycles. The fourth-order valence-electron chi connectivity index (χ4n) is 13.5. The normalized spacial score (nSPS) is 25.8. The van der Waals surface area contributed by atoms with E-state index >= 15 is 9.59 Å². The van der Waals surface area contributed by atoms with Crippen LogP contribution < -0.4 is 53.0 Å². The lowest BCUT2D eigenvalue weighted by atomic mass is 9.95. The quantitative estimate of drug-likeness (QED) is 0.0443. The molecule has 15 unspecified atom stereocenters. The van der Waals surface area contributed by atoms with Gasteiger partial charge in [0, 0.05) is 52.9 Å². The molecule has 4 saturated heterocycles. The molecule has 0 aliphatic carbocycles. The summed E-state index contributed by atoms with van der Waals surface area (Å²) in [7, 11) is 2.86. The molecule has 0 aromatic heterocycles. The van der Waals surface area contributed by atoms with Crippen molar-refractivity contribution in [1.82, 2.24) is 62.1 Å². The van der Waals surface area contributed by atoms with Crippen molar-refractivity contribution in [1.29, 1.82) is 0 Å². The topological polar surface area (TPSA) is 474 Å². The van der Waals surface area contributed by atoms with Crippen molar-refractivity contribution in [2.75, 3.05) is 46.9 Å². The van der Waals surface area contributed by atoms with Gasteiger partial charge in [0.25, 0.3) is 11.8 Å². The van der Waals surface area contributed by atoms with Crippen molar-refractivity contribution < 1.29 is 97.0 Å². The van der Waals surface area contributed by atoms with Crippen LogP contribution in [0.2, 0.25) is 0 Å². The van der Waals surface area contributed by atoms with E-state index < -0.39 is 218 Å². The predicted octanol–water partition coefficient (Wildman–Crippen LogP) is -2.11. The van der Waals surface area contributed by atoms with Gasteiger partial charge in [-0.25, -0.2) is 4.79 Å². The molecule has 4 aliphatic rings. The third-order valence-electron chi connectivity index (χ3n) is 19.8. The van der Waals surface area contributed by atoms with Crippen molar-refractivity contribution >= 4 is 82.8 Å². The molecule has 4 fully saturated rings. The van der Waals surface area contributed by atoms with Crippen LogP contribution in [0, 0.1) is 11.8 Å². The van der Waals surface area contributed by atoms with Gasteiger partial charge in [0.15, 0.2) is 6.10 Å². The van der Waals surface area contributed by atoms with Gasteiger partial charge in [0.05, 0.1) is 38.5 Å². The lowest BCUT2D eigenvalue weighted by Gasteiger charge is -2.34. The van der Waals surface area contributed by atoms with Gasteiger partial charge in [0.2, 0.25) is 65.0 Å². The number of aryl methyl sites for hydroxylation is 1. The van der Waals surface area contributed by atoms with Crippen LogP contribution in [0.4, 0.5) is 0 Å². The standard InChI is InChI=1S/C73H107N13O20/c1-10-41(5)60-68(99)80-53(39-87)65(96)76-49(11-2)64(95)82-61(42(6)88)69(100)78-51(28-25-44-23-26-47(105-9)27-24-44)71(102)85-32-15-20-54(85)66(97)79-52(37-48(36-46(90)35-45-18-13-12-14-19-45)106-73(104)57(34-40(3)4)83(8)43(7)89)62(93)70(101)77-50(29-30-58(74)91)63(94)75-38-59(92)84-31-17-22-56(84)72(103)86-33-16-21-55(86)67(98)81-60/h11-14,18-19,23-24,26-27,40-42,46,48,50-57,60-62,87-88,90,93H,10,15-17,20-22,25,28-39H2,1-9H3,(H2,74,91)(H,75,94)(H,76,96)(H,77,101)(H,78,100)(H,79,97)(H,80,99)(H,81,98)(H,82,95)/b49-11+. The molecule has 13 amide bonds. The first-order chi connectivity index (χ1) is 50.3. The maximum absolute atomic E-state index is 15.3. The highest BCUT2D eigenvalue weighted by Gasteiger charge is 2.46. The van der Waals surface area contributed by atoms with Crippen LogP contribution in [0.5, 0.6) is 5.75 Å². The number of aliphatic hydroxyl groups excluding tert-OH is 4. The van der Waals surface area contributed by atoms with Gasteiger partial charge < -0.3 is 97.8 Å². The molecule has 15 atom stereocenters. The van der Waals surface area contributed by atoms with Crippen molar-refractivity contribution in [2.24, 2.45) is 17.6 Å². The van der Waals surface area contributed by atoms with E-state index in [1.165, 1.54) is 42.7 Å². The van der Waals surface area contributed by atoms with Crippen molar-refractivity contribution in [3.8, 4) is 5.75 Å². The Hall–Kier alpha value is -9.60. The molecule has 4 aliphatic heterocycles. The Balaban J connectivity index is 1.45. The first-order valence-electron chi connectivity index (χ1n) is 36.3. The third-order valence-corrected chi connectivity index (χ3v) is 19.8. The summed E-state index contributed by atoms with van der Waals surface area (Å²) in [5.41, 5.74) is 6.34. The van der Waals surface area contributed by atoms with E-state index in [1.54, 1.807) is 82.3 Å². The van der Waals surface area contributed by atoms with E-state index in [2.05, 4.69) is 42.5 Å². The summed E-state index contributed by atoms with van der Waals surface area (Å²) in [5, 5.41) is 66.0. The number of esters is 1. The molecular weight excluding hydrogens is 1380 g/mol. The molecule has 0 saturated carbocycles. The molecular formula is C73H107N13O20. The lowest BCUT2D eigenvalue weighted by Crippen LogP contribution is -2.61. The second-order valence-corrected chi connectivity index (χ2v) is 28.1. The number of hydrogen-bond donors (Lipinski definition) is 13. The Morgan fingerprint density at radius 1 is 0.670 bits per heavy atom. The monoisotopic (exact) mass is 1490 g/mol. The van der Waals surface area contributed by atoms with Crippen LogP contribution in [-0.2, 0) is 84.7 Å². The average Bonchev–Trinajstić information content (AvgIpc) is 1.64. The number of rotatable bonds is 22. The number of methoxy groups -OCH3 is 1. The number of nitrogens with zero attached hydrogens (tertiary/aromatic N) is 4. The number of amides is 13. The van der Waals surface area contributed by atoms with Gasteiger partial charge >= 0.3 is 5.97 Å². The molecule has 2 aromatic rings. The predicted molar refractivity (Wildman–Crippen MR) is 382 cm³/mol. The SMILES string of the molecule is C/C=C1/NC(=O)C(CO)NC(=O)C(C(C)CC)NC(=O)C2CCCN2C(=O)C2CCCN2C(=O)CNC(=O)C(CCC(N)=O)NC(=O)C(O)C(CC(CC(O)Cc2ccccc2)OC(=O)C(CC(C)C)N(C)C(C)=O)NC(=O)C2CCCN2C(=O)C(CCc2ccc(OC)cc2)NC(=O)C(C(C)O)NC1=O. The molecule has 33 heteroatoms. The van der Waals surface area contributed by atoms with E-state index in [9.17, 15) is 78.0 Å². The van der Waals surface area contributed by atoms with Gasteiger partial charge in [-0.05, 0) is 120 Å². The summed E-state index contributed by atoms with van der Waals surface area (Å²) in [5.74, 6) is -13.4. The molecule has 14 N–H and O–H groups in total. The number of hydrogen-bond acceptors (Lipinski definition) is 20. The Bertz CT molecular complexity index is 3470. The molecule has 106 heavy (non-hydrogen) atoms. The number of ether oxygens (including phenoxy) is 2. The van der Waals surface area contributed by atoms with Crippen LogP contribution in [-0.4, -0.2) is 255 Å². The number of nitrogens with one attached hydrogen (secondary N) is 8. The highest BCUT2D eigenvalue weighted by molar-refractivity contribution is 6.03. The largest absolute Gasteiger partial charge is 0.497 e. The maximum atomic E-state index is 15.3. The molecule has 0 bridgehead atoms. The number of primary amides is 1. The van der Waals surface area contributed by atoms with Crippen molar-refractivity contribution in [3.63, 3.8) is 0 Å². The fourth-order valence-corrected chi connectivity index (χ4v) is 13.5. The summed E-state index contributed by atoms with van der Waals surface area (Å²) in [6.45, 7) is 8.91. The zero-order valence-electron chi connectivity index (χ0n) is 61.8. The zero-order chi connectivity index (χ0) is 78.2. The van der Waals surface area contributed by atoms with Gasteiger partial charge in [0.1, 0.15) is 71.9 Å². The van der Waals surface area contributed by atoms with Crippen LogP contribution >= 0.6 is 0 Å². The molecule has 6 rings (SSSR count). The highest BCUT2D eigenvalue weighted by Crippen LogP contribution is 2.28. The number of likely N-dealkylation sites (N-methyl/N-ethyl adjacent to an activating group) is 1. The Kier molecular flexibility index (Phi) is 32.8. The van der Waals surface area contributed by atoms with Gasteiger partial charge in [-0.2, -0.15) is 0 Å². The number of allylic oxidation sites excluding steroid dienone is 1. The van der Waals surface area contributed by atoms with E-state index in [-0.39, 0.29) is 76.9 Å². The first kappa shape index (κ1) is 85.3. The molecule has 0 spiro atoms. The molecule has 2 aromatic carbocycles. The minimum atomic E-state index is -2.43. The Morgan fingerprint density at radius 3 is 1.83 bits per heavy atom. The molecule has 584 valence electrons. The van der Waals surface area contributed by atoms with Crippen LogP contribution in [0.3, 0.4) is 0 Å². The smallest absolute Gasteiger partial charge is 0.329 e. The van der Waals surface area contributed by atoms with Gasteiger partial charge in [-0.3, -0.25) is 62.3 Å². The fraction of sp³-hybridized carbons (Fsp3) is 0.616. The summed E-state index contributed by atoms with van der Waals surface area (Å²) >= 11 is 0. The van der Waals surface area contributed by atoms with Gasteiger partial charge in [-0.1, -0.05) is 82.7 Å². The number of fused-ring (bicyclic) bond motifs is 3. The van der Waals surface area contributed by atoms with E-state index in [0.29, 0.717) is 36.1 Å². The van der Waals surface area contributed by atoms with Crippen LogP contribution in [0.25, 0.3) is 0 Å². The van der Waals surface area contributed by atoms with Crippen LogP contribution in [0.15, 0.2) is 66.4 Å². The summed E-state index contributed by atoms with van der Waals surface area (Å²) < 4.78 is 11.5. The average molecular weight is 1490 g/mol. The Labute approximate surface area is 616 Å². The number of carbonyl (C=O) groups is 14. The number of aliphatic hydroxyl groups is 4. The van der Waals surface area contributed by atoms with Crippen molar-refractivity contribution in [2.45, 2.75) is 230 Å². The highest BCUT2D eigenvalue weighted by atomic mass is 16.5. The summed E-state index contributed by atoms with van der Waals surface area (Å²) in [6.07, 6.45) is -6.60. The number of nitrogens with two attached hydrogens (primary N) is 1. The Morgan fingerprint density at radius 2 is 1.25 bits per heavy atom. The minimum Gasteiger partial charge on any atom is -0.497 e. The first-order valence-corrected chi connectivity index (χ1v) is 36.3. The second-order valence-electron chi connectivity index (χ2n) is 28.1. The lowest BCUT2D eigenvalue weighted by molar-refractivity contribution is -0.161. The van der Waals surface area contributed by atoms with E-state index in [4.69, 9.17) is 15.2 Å². The number of benzene rings is 2. The van der Waals surface area contributed by atoms with Gasteiger partial charge in [-0.15, -0.1) is 0 Å². The maximum Gasteiger partial charge on any atom is 0.329 e. The van der Waals surface area contributed by atoms with E-state index in [0.717, 1.165) is 17.9 Å². The minimum absolute atomic E-state index is 0.00923. The molecule has 33 nitrogen and oxygen atoms in total. The zero-order valence-corrected chi connectivity index (χ0v) is 61.8. The second kappa shape index (κ2) is 40.8. The molecule has 0 radical (unpaired) electrons.